The zero-order chi connectivity index (χ0) is 15.1. The van der Waals surface area contributed by atoms with E-state index in [0.717, 1.165) is 24.8 Å². The topological polar surface area (TPSA) is 47.9 Å². The van der Waals surface area contributed by atoms with Crippen molar-refractivity contribution in [1.82, 2.24) is 0 Å². The fourth-order valence-corrected chi connectivity index (χ4v) is 4.54. The first-order valence-electron chi connectivity index (χ1n) is 8.43. The first kappa shape index (κ1) is 14.6. The van der Waals surface area contributed by atoms with Crippen LogP contribution in [0.3, 0.4) is 0 Å². The van der Waals surface area contributed by atoms with Crippen molar-refractivity contribution < 1.29 is 19.3 Å². The first-order chi connectivity index (χ1) is 10.8. The summed E-state index contributed by atoms with van der Waals surface area (Å²) in [7, 11) is 0. The molecule has 4 rings (SSSR count). The van der Waals surface area contributed by atoms with Gasteiger partial charge in [-0.15, -0.1) is 0 Å². The van der Waals surface area contributed by atoms with E-state index in [1.165, 1.54) is 0 Å². The Bertz CT molecular complexity index is 505. The molecule has 7 atom stereocenters. The summed E-state index contributed by atoms with van der Waals surface area (Å²) in [4.78, 5) is 0. The van der Waals surface area contributed by atoms with Crippen molar-refractivity contribution in [3.05, 3.63) is 35.9 Å². The number of hydrogen-bond acceptors (Lipinski definition) is 4. The van der Waals surface area contributed by atoms with E-state index in [4.69, 9.17) is 14.2 Å². The summed E-state index contributed by atoms with van der Waals surface area (Å²) in [6, 6.07) is 10.1. The van der Waals surface area contributed by atoms with Gasteiger partial charge in [-0.3, -0.25) is 0 Å². The van der Waals surface area contributed by atoms with Crippen LogP contribution in [-0.2, 0) is 14.2 Å². The second-order valence-corrected chi connectivity index (χ2v) is 6.75. The Morgan fingerprint density at radius 1 is 1.09 bits per heavy atom. The SMILES string of the molecule is CCCC1[C@H]2OC(O)CC2[C@@H]2COC(c3ccccc3)O[C@@H]12. The Balaban J connectivity index is 1.55. The minimum atomic E-state index is -0.609. The number of rotatable bonds is 3. The second kappa shape index (κ2) is 5.93. The maximum Gasteiger partial charge on any atom is 0.184 e. The summed E-state index contributed by atoms with van der Waals surface area (Å²) in [5.74, 6) is 1.08. The highest BCUT2D eigenvalue weighted by atomic mass is 16.7. The van der Waals surface area contributed by atoms with E-state index in [2.05, 4.69) is 19.1 Å². The number of aliphatic hydroxyl groups excluding tert-OH is 1. The van der Waals surface area contributed by atoms with Crippen LogP contribution in [0.5, 0.6) is 0 Å². The van der Waals surface area contributed by atoms with Crippen molar-refractivity contribution in [2.24, 2.45) is 17.8 Å². The van der Waals surface area contributed by atoms with Crippen LogP contribution >= 0.6 is 0 Å². The van der Waals surface area contributed by atoms with E-state index in [1.807, 2.05) is 18.2 Å². The van der Waals surface area contributed by atoms with E-state index >= 15 is 0 Å². The molecule has 0 aromatic heterocycles. The van der Waals surface area contributed by atoms with Gasteiger partial charge in [0.25, 0.3) is 0 Å². The molecule has 0 spiro atoms. The van der Waals surface area contributed by atoms with Crippen molar-refractivity contribution >= 4 is 0 Å². The average molecular weight is 304 g/mol. The van der Waals surface area contributed by atoms with Crippen LogP contribution in [0.15, 0.2) is 30.3 Å². The molecule has 2 aliphatic heterocycles. The summed E-state index contributed by atoms with van der Waals surface area (Å²) >= 11 is 0. The Hall–Kier alpha value is -0.940. The van der Waals surface area contributed by atoms with Gasteiger partial charge in [-0.2, -0.15) is 0 Å². The molecule has 4 nitrogen and oxygen atoms in total. The van der Waals surface area contributed by atoms with Crippen LogP contribution in [0.1, 0.15) is 38.0 Å². The summed E-state index contributed by atoms with van der Waals surface area (Å²) in [5, 5.41) is 9.84. The highest BCUT2D eigenvalue weighted by molar-refractivity contribution is 5.17. The van der Waals surface area contributed by atoms with Crippen LogP contribution in [0.4, 0.5) is 0 Å². The van der Waals surface area contributed by atoms with Gasteiger partial charge in [-0.25, -0.2) is 0 Å². The van der Waals surface area contributed by atoms with Crippen LogP contribution in [0.2, 0.25) is 0 Å². The Kier molecular flexibility index (Phi) is 3.95. The third kappa shape index (κ3) is 2.38. The predicted molar refractivity (Wildman–Crippen MR) is 80.9 cm³/mol. The molecule has 1 aromatic rings. The monoisotopic (exact) mass is 304 g/mol. The molecular weight excluding hydrogens is 280 g/mol. The molecule has 0 bridgehead atoms. The van der Waals surface area contributed by atoms with Crippen molar-refractivity contribution in [2.75, 3.05) is 6.61 Å². The molecule has 2 saturated heterocycles. The lowest BCUT2D eigenvalue weighted by Gasteiger charge is -2.37. The Morgan fingerprint density at radius 3 is 2.64 bits per heavy atom. The third-order valence-electron chi connectivity index (χ3n) is 5.44. The van der Waals surface area contributed by atoms with Gasteiger partial charge in [0.15, 0.2) is 12.6 Å². The van der Waals surface area contributed by atoms with E-state index in [-0.39, 0.29) is 18.5 Å². The molecule has 120 valence electrons. The summed E-state index contributed by atoms with van der Waals surface area (Å²) in [6.07, 6.45) is 2.33. The molecule has 4 unspecified atom stereocenters. The van der Waals surface area contributed by atoms with E-state index < -0.39 is 6.29 Å². The molecule has 2 heterocycles. The van der Waals surface area contributed by atoms with E-state index in [9.17, 15) is 5.11 Å². The van der Waals surface area contributed by atoms with Crippen LogP contribution in [-0.4, -0.2) is 30.2 Å². The summed E-state index contributed by atoms with van der Waals surface area (Å²) in [6.45, 7) is 2.89. The van der Waals surface area contributed by atoms with Gasteiger partial charge in [0.05, 0.1) is 18.8 Å². The summed E-state index contributed by atoms with van der Waals surface area (Å²) < 4.78 is 18.1. The fraction of sp³-hybridized carbons (Fsp3) is 0.667. The van der Waals surface area contributed by atoms with Gasteiger partial charge in [-0.05, 0) is 12.3 Å². The van der Waals surface area contributed by atoms with Crippen molar-refractivity contribution in [1.29, 1.82) is 0 Å². The second-order valence-electron chi connectivity index (χ2n) is 6.75. The zero-order valence-electron chi connectivity index (χ0n) is 12.9. The lowest BCUT2D eigenvalue weighted by Crippen LogP contribution is -2.39. The molecule has 1 N–H and O–H groups in total. The molecule has 1 saturated carbocycles. The van der Waals surface area contributed by atoms with E-state index in [0.29, 0.717) is 24.4 Å². The lowest BCUT2D eigenvalue weighted by atomic mass is 9.92. The third-order valence-corrected chi connectivity index (χ3v) is 5.44. The van der Waals surface area contributed by atoms with Crippen molar-refractivity contribution in [2.45, 2.75) is 51.0 Å². The summed E-state index contributed by atoms with van der Waals surface area (Å²) in [5.41, 5.74) is 1.08. The fourth-order valence-electron chi connectivity index (χ4n) is 4.54. The molecular formula is C18H24O4. The van der Waals surface area contributed by atoms with Crippen LogP contribution < -0.4 is 0 Å². The van der Waals surface area contributed by atoms with Gasteiger partial charge < -0.3 is 19.3 Å². The first-order valence-corrected chi connectivity index (χ1v) is 8.43. The van der Waals surface area contributed by atoms with Crippen molar-refractivity contribution in [3.8, 4) is 0 Å². The predicted octanol–water partition coefficient (Wildman–Crippen LogP) is 2.87. The van der Waals surface area contributed by atoms with Crippen molar-refractivity contribution in [3.63, 3.8) is 0 Å². The van der Waals surface area contributed by atoms with Gasteiger partial charge in [0, 0.05) is 23.8 Å². The largest absolute Gasteiger partial charge is 0.368 e. The Morgan fingerprint density at radius 2 is 1.86 bits per heavy atom. The average Bonchev–Trinajstić information content (AvgIpc) is 3.05. The molecule has 1 aromatic carbocycles. The zero-order valence-corrected chi connectivity index (χ0v) is 12.9. The Labute approximate surface area is 131 Å². The standard InChI is InChI=1S/C18H24O4/c1-2-6-12-16-13(9-15(19)21-16)14-10-20-18(22-17(12)14)11-7-4-3-5-8-11/h3-5,7-8,12-19H,2,6,9-10H2,1H3/t12?,13?,14-,15?,16+,17-,18?/m0/s1. The van der Waals surface area contributed by atoms with Gasteiger partial charge in [0.1, 0.15) is 0 Å². The minimum Gasteiger partial charge on any atom is -0.368 e. The highest BCUT2D eigenvalue weighted by Gasteiger charge is 2.57. The molecule has 4 heteroatoms. The van der Waals surface area contributed by atoms with E-state index in [1.54, 1.807) is 0 Å². The number of aliphatic hydroxyl groups is 1. The molecule has 3 aliphatic rings. The highest BCUT2D eigenvalue weighted by Crippen LogP contribution is 2.52. The number of fused-ring (bicyclic) bond motifs is 3. The molecule has 0 radical (unpaired) electrons. The lowest BCUT2D eigenvalue weighted by molar-refractivity contribution is -0.250. The number of hydrogen-bond donors (Lipinski definition) is 1. The van der Waals surface area contributed by atoms with Gasteiger partial charge >= 0.3 is 0 Å². The normalized spacial score (nSPS) is 43.8. The quantitative estimate of drug-likeness (QED) is 0.933. The number of ether oxygens (including phenoxy) is 3. The minimum absolute atomic E-state index is 0.128. The molecule has 3 fully saturated rings. The number of benzene rings is 1. The smallest absolute Gasteiger partial charge is 0.184 e. The van der Waals surface area contributed by atoms with Crippen LogP contribution in [0, 0.1) is 17.8 Å². The van der Waals surface area contributed by atoms with Crippen LogP contribution in [0.25, 0.3) is 0 Å². The molecule has 22 heavy (non-hydrogen) atoms. The molecule has 0 amide bonds. The van der Waals surface area contributed by atoms with Gasteiger partial charge in [0.2, 0.25) is 0 Å². The van der Waals surface area contributed by atoms with Gasteiger partial charge in [-0.1, -0.05) is 43.7 Å². The maximum absolute atomic E-state index is 9.84. The maximum atomic E-state index is 9.84. The molecule has 1 aliphatic carbocycles.